The molecule has 0 unspecified atom stereocenters. The Morgan fingerprint density at radius 2 is 1.79 bits per heavy atom. The number of pyridine rings is 1. The van der Waals surface area contributed by atoms with Crippen molar-refractivity contribution in [3.63, 3.8) is 0 Å². The lowest BCUT2D eigenvalue weighted by atomic mass is 9.91. The van der Waals surface area contributed by atoms with E-state index in [2.05, 4.69) is 29.2 Å². The molecule has 2 aromatic carbocycles. The largest absolute Gasteiger partial charge is 0.505 e. The first kappa shape index (κ1) is 22.5. The lowest BCUT2D eigenvalue weighted by molar-refractivity contribution is -0.134. The number of hydrogen-bond donors (Lipinski definition) is 1. The smallest absolute Gasteiger partial charge is 0.276 e. The standard InChI is InChI=1S/C27H29N3O3/c1-2-15-29-16-17-30(27(33)25-24(31)13-8-14-28-25)19-22(26(29)32)18-21-11-6-7-12-23(21)20-9-4-3-5-10-20/h3-14,22,31H,2,15-19H2,1H3/t22-/m1/s1. The molecule has 1 saturated heterocycles. The van der Waals surface area contributed by atoms with Crippen LogP contribution in [-0.4, -0.2) is 57.9 Å². The van der Waals surface area contributed by atoms with Crippen LogP contribution in [0.1, 0.15) is 29.4 Å². The highest BCUT2D eigenvalue weighted by atomic mass is 16.3. The first-order valence-electron chi connectivity index (χ1n) is 11.4. The number of benzene rings is 2. The van der Waals surface area contributed by atoms with Crippen LogP contribution in [0.25, 0.3) is 11.1 Å². The Hall–Kier alpha value is -3.67. The van der Waals surface area contributed by atoms with E-state index in [9.17, 15) is 14.7 Å². The molecule has 0 radical (unpaired) electrons. The maximum atomic E-state index is 13.5. The normalized spacial score (nSPS) is 16.5. The Morgan fingerprint density at radius 3 is 2.55 bits per heavy atom. The Labute approximate surface area is 194 Å². The van der Waals surface area contributed by atoms with Gasteiger partial charge >= 0.3 is 0 Å². The van der Waals surface area contributed by atoms with E-state index in [0.29, 0.717) is 26.1 Å². The summed E-state index contributed by atoms with van der Waals surface area (Å²) in [7, 11) is 0. The van der Waals surface area contributed by atoms with Crippen LogP contribution in [0.4, 0.5) is 0 Å². The van der Waals surface area contributed by atoms with Crippen molar-refractivity contribution in [3.8, 4) is 16.9 Å². The average Bonchev–Trinajstić information content (AvgIpc) is 2.99. The van der Waals surface area contributed by atoms with Gasteiger partial charge < -0.3 is 14.9 Å². The molecule has 33 heavy (non-hydrogen) atoms. The minimum atomic E-state index is -0.376. The van der Waals surface area contributed by atoms with Gasteiger partial charge in [0.15, 0.2) is 5.69 Å². The summed E-state index contributed by atoms with van der Waals surface area (Å²) < 4.78 is 0. The van der Waals surface area contributed by atoms with Crippen molar-refractivity contribution < 1.29 is 14.7 Å². The van der Waals surface area contributed by atoms with Crippen molar-refractivity contribution in [1.82, 2.24) is 14.8 Å². The molecule has 1 fully saturated rings. The van der Waals surface area contributed by atoms with E-state index in [-0.39, 0.29) is 35.7 Å². The molecular formula is C27H29N3O3. The first-order valence-corrected chi connectivity index (χ1v) is 11.4. The molecule has 6 nitrogen and oxygen atoms in total. The zero-order chi connectivity index (χ0) is 23.2. The molecule has 1 aliphatic rings. The number of hydrogen-bond acceptors (Lipinski definition) is 4. The number of aromatic hydroxyl groups is 1. The Balaban J connectivity index is 1.65. The van der Waals surface area contributed by atoms with Gasteiger partial charge in [0.1, 0.15) is 5.75 Å². The van der Waals surface area contributed by atoms with Gasteiger partial charge in [0.05, 0.1) is 5.92 Å². The lowest BCUT2D eigenvalue weighted by Crippen LogP contribution is -2.38. The molecule has 0 aliphatic carbocycles. The summed E-state index contributed by atoms with van der Waals surface area (Å²) in [4.78, 5) is 34.3. The van der Waals surface area contributed by atoms with Gasteiger partial charge in [-0.05, 0) is 41.7 Å². The molecule has 2 heterocycles. The van der Waals surface area contributed by atoms with Crippen LogP contribution < -0.4 is 0 Å². The van der Waals surface area contributed by atoms with E-state index in [1.807, 2.05) is 42.2 Å². The highest BCUT2D eigenvalue weighted by Crippen LogP contribution is 2.28. The second kappa shape index (κ2) is 10.3. The third-order valence-electron chi connectivity index (χ3n) is 6.08. The molecule has 4 rings (SSSR count). The predicted molar refractivity (Wildman–Crippen MR) is 128 cm³/mol. The number of rotatable bonds is 6. The fourth-order valence-corrected chi connectivity index (χ4v) is 4.45. The van der Waals surface area contributed by atoms with E-state index < -0.39 is 0 Å². The molecule has 0 saturated carbocycles. The fraction of sp³-hybridized carbons (Fsp3) is 0.296. The SMILES string of the molecule is CCCN1CCN(C(=O)c2ncccc2O)C[C@@H](Cc2ccccc2-c2ccccc2)C1=O. The van der Waals surface area contributed by atoms with Crippen LogP contribution in [0.5, 0.6) is 5.75 Å². The predicted octanol–water partition coefficient (Wildman–Crippen LogP) is 4.01. The topological polar surface area (TPSA) is 73.7 Å². The number of amides is 2. The Morgan fingerprint density at radius 1 is 1.03 bits per heavy atom. The summed E-state index contributed by atoms with van der Waals surface area (Å²) in [5, 5.41) is 10.1. The summed E-state index contributed by atoms with van der Waals surface area (Å²) in [6.45, 7) is 3.89. The van der Waals surface area contributed by atoms with Gasteiger partial charge in [-0.1, -0.05) is 61.5 Å². The summed E-state index contributed by atoms with van der Waals surface area (Å²) in [5.74, 6) is -0.797. The summed E-state index contributed by atoms with van der Waals surface area (Å²) in [6.07, 6.45) is 2.88. The number of nitrogens with zero attached hydrogens (tertiary/aromatic N) is 3. The molecule has 3 aromatic rings. The molecule has 1 aromatic heterocycles. The van der Waals surface area contributed by atoms with Gasteiger partial charge in [-0.25, -0.2) is 4.98 Å². The number of aromatic nitrogens is 1. The highest BCUT2D eigenvalue weighted by molar-refractivity contribution is 5.95. The van der Waals surface area contributed by atoms with Crippen molar-refractivity contribution in [2.24, 2.45) is 5.92 Å². The quantitative estimate of drug-likeness (QED) is 0.625. The van der Waals surface area contributed by atoms with Crippen molar-refractivity contribution in [1.29, 1.82) is 0 Å². The highest BCUT2D eigenvalue weighted by Gasteiger charge is 2.33. The maximum Gasteiger partial charge on any atom is 0.276 e. The van der Waals surface area contributed by atoms with Crippen molar-refractivity contribution in [3.05, 3.63) is 84.2 Å². The monoisotopic (exact) mass is 443 g/mol. The Kier molecular flexibility index (Phi) is 7.03. The van der Waals surface area contributed by atoms with Crippen LogP contribution in [0.3, 0.4) is 0 Å². The molecule has 6 heteroatoms. The van der Waals surface area contributed by atoms with Crippen molar-refractivity contribution in [2.45, 2.75) is 19.8 Å². The summed E-state index contributed by atoms with van der Waals surface area (Å²) >= 11 is 0. The molecule has 1 atom stereocenters. The average molecular weight is 444 g/mol. The van der Waals surface area contributed by atoms with Crippen molar-refractivity contribution >= 4 is 11.8 Å². The van der Waals surface area contributed by atoms with Gasteiger partial charge in [0.2, 0.25) is 5.91 Å². The fourth-order valence-electron chi connectivity index (χ4n) is 4.45. The second-order valence-corrected chi connectivity index (χ2v) is 8.37. The molecule has 0 bridgehead atoms. The van der Waals surface area contributed by atoms with E-state index in [1.54, 1.807) is 11.0 Å². The van der Waals surface area contributed by atoms with E-state index in [0.717, 1.165) is 23.1 Å². The molecule has 1 N–H and O–H groups in total. The third-order valence-corrected chi connectivity index (χ3v) is 6.08. The molecular weight excluding hydrogens is 414 g/mol. The van der Waals surface area contributed by atoms with E-state index in [4.69, 9.17) is 0 Å². The molecule has 1 aliphatic heterocycles. The van der Waals surface area contributed by atoms with Gasteiger partial charge in [-0.3, -0.25) is 9.59 Å². The van der Waals surface area contributed by atoms with Crippen LogP contribution >= 0.6 is 0 Å². The molecule has 2 amide bonds. The molecule has 170 valence electrons. The van der Waals surface area contributed by atoms with Crippen LogP contribution in [0, 0.1) is 5.92 Å². The minimum Gasteiger partial charge on any atom is -0.505 e. The minimum absolute atomic E-state index is 0.0253. The van der Waals surface area contributed by atoms with Crippen LogP contribution in [-0.2, 0) is 11.2 Å². The van der Waals surface area contributed by atoms with Gasteiger partial charge in [-0.15, -0.1) is 0 Å². The third kappa shape index (κ3) is 5.06. The van der Waals surface area contributed by atoms with Gasteiger partial charge in [0.25, 0.3) is 5.91 Å². The Bertz CT molecular complexity index is 1120. The zero-order valence-electron chi connectivity index (χ0n) is 18.9. The summed E-state index contributed by atoms with van der Waals surface area (Å²) in [5.41, 5.74) is 3.30. The van der Waals surface area contributed by atoms with Crippen molar-refractivity contribution in [2.75, 3.05) is 26.2 Å². The van der Waals surface area contributed by atoms with Crippen LogP contribution in [0.15, 0.2) is 72.9 Å². The first-order chi connectivity index (χ1) is 16.1. The van der Waals surface area contributed by atoms with Gasteiger partial charge in [0, 0.05) is 32.4 Å². The van der Waals surface area contributed by atoms with Crippen LogP contribution in [0.2, 0.25) is 0 Å². The summed E-state index contributed by atoms with van der Waals surface area (Å²) in [6, 6.07) is 21.3. The maximum absolute atomic E-state index is 13.5. The lowest BCUT2D eigenvalue weighted by Gasteiger charge is -2.24. The van der Waals surface area contributed by atoms with Gasteiger partial charge in [-0.2, -0.15) is 0 Å². The number of carbonyl (C=O) groups excluding carboxylic acids is 2. The van der Waals surface area contributed by atoms with E-state index in [1.165, 1.54) is 12.3 Å². The second-order valence-electron chi connectivity index (χ2n) is 8.37. The molecule has 0 spiro atoms. The van der Waals surface area contributed by atoms with E-state index >= 15 is 0 Å². The number of carbonyl (C=O) groups is 2. The zero-order valence-corrected chi connectivity index (χ0v) is 18.9.